The van der Waals surface area contributed by atoms with Crippen molar-refractivity contribution in [2.45, 2.75) is 6.54 Å². The summed E-state index contributed by atoms with van der Waals surface area (Å²) in [6.45, 7) is 0.644. The van der Waals surface area contributed by atoms with E-state index in [0.29, 0.717) is 23.8 Å². The lowest BCUT2D eigenvalue weighted by Gasteiger charge is -2.07. The Bertz CT molecular complexity index is 800. The van der Waals surface area contributed by atoms with E-state index >= 15 is 0 Å². The summed E-state index contributed by atoms with van der Waals surface area (Å²) in [5, 5.41) is 2.83. The van der Waals surface area contributed by atoms with E-state index in [1.54, 1.807) is 32.4 Å². The van der Waals surface area contributed by atoms with Crippen molar-refractivity contribution in [1.82, 2.24) is 5.32 Å². The predicted octanol–water partition coefficient (Wildman–Crippen LogP) is 2.76. The van der Waals surface area contributed by atoms with Crippen LogP contribution in [0.5, 0.6) is 23.0 Å². The molecule has 2 aromatic rings. The average Bonchev–Trinajstić information content (AvgIpc) is 3.12. The van der Waals surface area contributed by atoms with Gasteiger partial charge in [0.15, 0.2) is 23.0 Å². The monoisotopic (exact) mass is 341 g/mol. The van der Waals surface area contributed by atoms with E-state index in [1.807, 2.05) is 24.3 Å². The Labute approximate surface area is 146 Å². The first kappa shape index (κ1) is 16.7. The summed E-state index contributed by atoms with van der Waals surface area (Å²) in [6.07, 6.45) is 3.20. The molecular weight excluding hydrogens is 322 g/mol. The molecule has 1 heterocycles. The van der Waals surface area contributed by atoms with Gasteiger partial charge in [-0.25, -0.2) is 0 Å². The Morgan fingerprint density at radius 3 is 2.68 bits per heavy atom. The molecule has 0 atom stereocenters. The van der Waals surface area contributed by atoms with E-state index < -0.39 is 0 Å². The van der Waals surface area contributed by atoms with Gasteiger partial charge in [0.2, 0.25) is 12.7 Å². The number of carbonyl (C=O) groups is 1. The molecule has 0 fully saturated rings. The SMILES string of the molecule is COc1ccc(/C=C\C(=O)NCc2ccc3c(c2)OCO3)cc1OC. The number of hydrogen-bond acceptors (Lipinski definition) is 5. The molecule has 0 unspecified atom stereocenters. The molecule has 0 saturated heterocycles. The van der Waals surface area contributed by atoms with E-state index in [0.717, 1.165) is 16.9 Å². The molecule has 6 heteroatoms. The van der Waals surface area contributed by atoms with Crippen molar-refractivity contribution < 1.29 is 23.7 Å². The fourth-order valence-electron chi connectivity index (χ4n) is 2.43. The second kappa shape index (κ2) is 7.61. The van der Waals surface area contributed by atoms with Crippen molar-refractivity contribution in [2.24, 2.45) is 0 Å². The summed E-state index contributed by atoms with van der Waals surface area (Å²) in [7, 11) is 3.15. The fourth-order valence-corrected chi connectivity index (χ4v) is 2.43. The minimum atomic E-state index is -0.188. The van der Waals surface area contributed by atoms with Crippen molar-refractivity contribution in [2.75, 3.05) is 21.0 Å². The zero-order chi connectivity index (χ0) is 17.6. The van der Waals surface area contributed by atoms with Gasteiger partial charge < -0.3 is 24.3 Å². The standard InChI is InChI=1S/C19H19NO5/c1-22-15-6-3-13(9-17(15)23-2)5-8-19(21)20-11-14-4-7-16-18(10-14)25-12-24-16/h3-10H,11-12H2,1-2H3,(H,20,21)/b8-5-. The van der Waals surface area contributed by atoms with Crippen LogP contribution in [0.3, 0.4) is 0 Å². The molecule has 130 valence electrons. The Morgan fingerprint density at radius 2 is 1.88 bits per heavy atom. The molecular formula is C19H19NO5. The van der Waals surface area contributed by atoms with Crippen LogP contribution in [-0.2, 0) is 11.3 Å². The van der Waals surface area contributed by atoms with Crippen LogP contribution in [0.2, 0.25) is 0 Å². The number of ether oxygens (including phenoxy) is 4. The third kappa shape index (κ3) is 4.03. The Balaban J connectivity index is 1.58. The molecule has 0 aliphatic carbocycles. The maximum atomic E-state index is 12.0. The van der Waals surface area contributed by atoms with Crippen LogP contribution in [-0.4, -0.2) is 26.9 Å². The minimum Gasteiger partial charge on any atom is -0.493 e. The number of hydrogen-bond donors (Lipinski definition) is 1. The van der Waals surface area contributed by atoms with E-state index in [9.17, 15) is 4.79 Å². The van der Waals surface area contributed by atoms with Crippen LogP contribution in [0.15, 0.2) is 42.5 Å². The number of amides is 1. The van der Waals surface area contributed by atoms with Gasteiger partial charge in [-0.2, -0.15) is 0 Å². The van der Waals surface area contributed by atoms with Crippen molar-refractivity contribution in [3.05, 3.63) is 53.6 Å². The predicted molar refractivity (Wildman–Crippen MR) is 93.0 cm³/mol. The van der Waals surface area contributed by atoms with Crippen LogP contribution >= 0.6 is 0 Å². The summed E-state index contributed by atoms with van der Waals surface area (Å²) < 4.78 is 21.0. The molecule has 3 rings (SSSR count). The van der Waals surface area contributed by atoms with Gasteiger partial charge >= 0.3 is 0 Å². The second-order valence-electron chi connectivity index (χ2n) is 5.35. The quantitative estimate of drug-likeness (QED) is 0.819. The molecule has 6 nitrogen and oxygen atoms in total. The van der Waals surface area contributed by atoms with Crippen LogP contribution in [0.1, 0.15) is 11.1 Å². The van der Waals surface area contributed by atoms with Crippen molar-refractivity contribution in [3.8, 4) is 23.0 Å². The highest BCUT2D eigenvalue weighted by atomic mass is 16.7. The highest BCUT2D eigenvalue weighted by Crippen LogP contribution is 2.32. The lowest BCUT2D eigenvalue weighted by molar-refractivity contribution is -0.116. The summed E-state index contributed by atoms with van der Waals surface area (Å²) >= 11 is 0. The van der Waals surface area contributed by atoms with Crippen molar-refractivity contribution in [3.63, 3.8) is 0 Å². The lowest BCUT2D eigenvalue weighted by atomic mass is 10.2. The first-order chi connectivity index (χ1) is 12.2. The number of carbonyl (C=O) groups excluding carboxylic acids is 1. The van der Waals surface area contributed by atoms with E-state index in [2.05, 4.69) is 5.32 Å². The van der Waals surface area contributed by atoms with Gasteiger partial charge in [0.1, 0.15) is 0 Å². The third-order valence-electron chi connectivity index (χ3n) is 3.74. The molecule has 0 aromatic heterocycles. The summed E-state index contributed by atoms with van der Waals surface area (Å²) in [5.41, 5.74) is 1.79. The Morgan fingerprint density at radius 1 is 1.08 bits per heavy atom. The number of methoxy groups -OCH3 is 2. The number of rotatable bonds is 6. The highest BCUT2D eigenvalue weighted by Gasteiger charge is 2.13. The Hall–Kier alpha value is -3.15. The van der Waals surface area contributed by atoms with Gasteiger partial charge in [0, 0.05) is 12.6 Å². The molecule has 1 aliphatic heterocycles. The van der Waals surface area contributed by atoms with Gasteiger partial charge in [-0.3, -0.25) is 4.79 Å². The third-order valence-corrected chi connectivity index (χ3v) is 3.74. The average molecular weight is 341 g/mol. The van der Waals surface area contributed by atoms with E-state index in [-0.39, 0.29) is 12.7 Å². The lowest BCUT2D eigenvalue weighted by Crippen LogP contribution is -2.20. The zero-order valence-corrected chi connectivity index (χ0v) is 14.1. The maximum absolute atomic E-state index is 12.0. The van der Waals surface area contributed by atoms with Crippen molar-refractivity contribution in [1.29, 1.82) is 0 Å². The summed E-state index contributed by atoms with van der Waals surface area (Å²) in [6, 6.07) is 11.0. The fraction of sp³-hybridized carbons (Fsp3) is 0.211. The molecule has 0 bridgehead atoms. The molecule has 1 N–H and O–H groups in total. The first-order valence-corrected chi connectivity index (χ1v) is 7.76. The largest absolute Gasteiger partial charge is 0.493 e. The van der Waals surface area contributed by atoms with E-state index in [1.165, 1.54) is 6.08 Å². The molecule has 2 aromatic carbocycles. The maximum Gasteiger partial charge on any atom is 0.244 e. The molecule has 25 heavy (non-hydrogen) atoms. The van der Waals surface area contributed by atoms with Gasteiger partial charge in [-0.1, -0.05) is 12.1 Å². The molecule has 0 spiro atoms. The van der Waals surface area contributed by atoms with Crippen molar-refractivity contribution >= 4 is 12.0 Å². The summed E-state index contributed by atoms with van der Waals surface area (Å²) in [5.74, 6) is 2.50. The van der Waals surface area contributed by atoms with Crippen LogP contribution < -0.4 is 24.3 Å². The molecule has 1 amide bonds. The normalized spacial score (nSPS) is 12.2. The number of benzene rings is 2. The summed E-state index contributed by atoms with van der Waals surface area (Å²) in [4.78, 5) is 12.0. The van der Waals surface area contributed by atoms with Crippen LogP contribution in [0.25, 0.3) is 6.08 Å². The number of nitrogens with one attached hydrogen (secondary N) is 1. The van der Waals surface area contributed by atoms with Gasteiger partial charge in [0.05, 0.1) is 14.2 Å². The smallest absolute Gasteiger partial charge is 0.244 e. The second-order valence-corrected chi connectivity index (χ2v) is 5.35. The highest BCUT2D eigenvalue weighted by molar-refractivity contribution is 5.91. The topological polar surface area (TPSA) is 66.0 Å². The number of fused-ring (bicyclic) bond motifs is 1. The molecule has 1 aliphatic rings. The van der Waals surface area contributed by atoms with Gasteiger partial charge in [0.25, 0.3) is 0 Å². The van der Waals surface area contributed by atoms with Gasteiger partial charge in [-0.15, -0.1) is 0 Å². The van der Waals surface area contributed by atoms with Crippen LogP contribution in [0, 0.1) is 0 Å². The Kier molecular flexibility index (Phi) is 5.09. The zero-order valence-electron chi connectivity index (χ0n) is 14.1. The van der Waals surface area contributed by atoms with Crippen LogP contribution in [0.4, 0.5) is 0 Å². The molecule has 0 radical (unpaired) electrons. The minimum absolute atomic E-state index is 0.188. The van der Waals surface area contributed by atoms with E-state index in [4.69, 9.17) is 18.9 Å². The first-order valence-electron chi connectivity index (χ1n) is 7.76. The van der Waals surface area contributed by atoms with Gasteiger partial charge in [-0.05, 0) is 41.5 Å². The molecule has 0 saturated carbocycles.